The first kappa shape index (κ1) is 25.0. The standard InChI is InChI=1S/C23H31ClN2O4S/c1-6-20(18-10-12-22(30-4)17(3)14-18)25-23(27)8-7-13-26(31(5,28)29)21-15-19(24)11-9-16(21)2/h9-12,14-15,20H,6-8,13H2,1-5H3,(H,25,27)/t20-/m0/s1. The van der Waals surface area contributed by atoms with Crippen LogP contribution in [0.5, 0.6) is 5.75 Å². The highest BCUT2D eigenvalue weighted by Gasteiger charge is 2.20. The van der Waals surface area contributed by atoms with Crippen LogP contribution in [0.15, 0.2) is 36.4 Å². The zero-order chi connectivity index (χ0) is 23.2. The molecule has 2 rings (SSSR count). The first-order chi connectivity index (χ1) is 14.6. The molecule has 2 aromatic rings. The summed E-state index contributed by atoms with van der Waals surface area (Å²) in [7, 11) is -1.88. The average molecular weight is 467 g/mol. The minimum atomic E-state index is -3.51. The van der Waals surface area contributed by atoms with Crippen molar-refractivity contribution in [3.05, 3.63) is 58.1 Å². The summed E-state index contributed by atoms with van der Waals surface area (Å²) in [5, 5.41) is 3.52. The number of nitrogens with zero attached hydrogens (tertiary/aromatic N) is 1. The summed E-state index contributed by atoms with van der Waals surface area (Å²) < 4.78 is 31.3. The van der Waals surface area contributed by atoms with Gasteiger partial charge in [-0.25, -0.2) is 8.42 Å². The molecular weight excluding hydrogens is 436 g/mol. The largest absolute Gasteiger partial charge is 0.496 e. The summed E-state index contributed by atoms with van der Waals surface area (Å²) >= 11 is 6.06. The highest BCUT2D eigenvalue weighted by Crippen LogP contribution is 2.27. The fourth-order valence-electron chi connectivity index (χ4n) is 3.51. The van der Waals surface area contributed by atoms with E-state index in [9.17, 15) is 13.2 Å². The normalized spacial score (nSPS) is 12.3. The van der Waals surface area contributed by atoms with Gasteiger partial charge < -0.3 is 10.1 Å². The van der Waals surface area contributed by atoms with Crippen LogP contribution in [0.4, 0.5) is 5.69 Å². The Hall–Kier alpha value is -2.25. The van der Waals surface area contributed by atoms with Gasteiger partial charge in [0.25, 0.3) is 0 Å². The number of benzene rings is 2. The van der Waals surface area contributed by atoms with Crippen molar-refractivity contribution in [2.24, 2.45) is 0 Å². The Labute approximate surface area is 190 Å². The molecule has 0 saturated carbocycles. The number of sulfonamides is 1. The second-order valence-electron chi connectivity index (χ2n) is 7.63. The summed E-state index contributed by atoms with van der Waals surface area (Å²) in [4.78, 5) is 12.6. The summed E-state index contributed by atoms with van der Waals surface area (Å²) in [6.07, 6.45) is 2.52. The Morgan fingerprint density at radius 1 is 1.16 bits per heavy atom. The molecule has 0 fully saturated rings. The Kier molecular flexibility index (Phi) is 8.77. The van der Waals surface area contributed by atoms with Crippen molar-refractivity contribution in [2.75, 3.05) is 24.2 Å². The smallest absolute Gasteiger partial charge is 0.232 e. The lowest BCUT2D eigenvalue weighted by Gasteiger charge is -2.24. The van der Waals surface area contributed by atoms with Gasteiger partial charge in [0.1, 0.15) is 5.75 Å². The van der Waals surface area contributed by atoms with E-state index in [1.165, 1.54) is 4.31 Å². The molecule has 2 aromatic carbocycles. The molecule has 1 atom stereocenters. The van der Waals surface area contributed by atoms with Gasteiger partial charge in [0, 0.05) is 18.0 Å². The Balaban J connectivity index is 2.03. The molecule has 1 amide bonds. The molecule has 0 aromatic heterocycles. The third kappa shape index (κ3) is 6.87. The van der Waals surface area contributed by atoms with Crippen molar-refractivity contribution in [3.8, 4) is 5.75 Å². The molecular formula is C23H31ClN2O4S. The summed E-state index contributed by atoms with van der Waals surface area (Å²) in [5.41, 5.74) is 3.37. The molecule has 6 nitrogen and oxygen atoms in total. The van der Waals surface area contributed by atoms with E-state index in [4.69, 9.17) is 16.3 Å². The summed E-state index contributed by atoms with van der Waals surface area (Å²) in [6.45, 7) is 6.01. The van der Waals surface area contributed by atoms with Crippen molar-refractivity contribution in [1.29, 1.82) is 0 Å². The maximum atomic E-state index is 12.6. The summed E-state index contributed by atoms with van der Waals surface area (Å²) in [6, 6.07) is 10.9. The van der Waals surface area contributed by atoms with Gasteiger partial charge in [0.15, 0.2) is 0 Å². The molecule has 0 radical (unpaired) electrons. The van der Waals surface area contributed by atoms with Gasteiger partial charge in [-0.15, -0.1) is 0 Å². The SMILES string of the molecule is CC[C@H](NC(=O)CCCN(c1cc(Cl)ccc1C)S(C)(=O)=O)c1ccc(OC)c(C)c1. The maximum Gasteiger partial charge on any atom is 0.232 e. The topological polar surface area (TPSA) is 75.7 Å². The maximum absolute atomic E-state index is 12.6. The molecule has 0 unspecified atom stereocenters. The predicted molar refractivity (Wildman–Crippen MR) is 127 cm³/mol. The number of carbonyl (C=O) groups is 1. The summed E-state index contributed by atoms with van der Waals surface area (Å²) in [5.74, 6) is 0.693. The molecule has 0 bridgehead atoms. The molecule has 31 heavy (non-hydrogen) atoms. The Morgan fingerprint density at radius 2 is 1.87 bits per heavy atom. The van der Waals surface area contributed by atoms with E-state index >= 15 is 0 Å². The lowest BCUT2D eigenvalue weighted by molar-refractivity contribution is -0.121. The monoisotopic (exact) mass is 466 g/mol. The highest BCUT2D eigenvalue weighted by molar-refractivity contribution is 7.92. The molecule has 170 valence electrons. The fraction of sp³-hybridized carbons (Fsp3) is 0.435. The van der Waals surface area contributed by atoms with Crippen LogP contribution in [-0.4, -0.2) is 34.2 Å². The average Bonchev–Trinajstić information content (AvgIpc) is 2.70. The molecule has 0 aliphatic carbocycles. The number of hydrogen-bond donors (Lipinski definition) is 1. The number of aryl methyl sites for hydroxylation is 2. The zero-order valence-electron chi connectivity index (χ0n) is 18.7. The number of anilines is 1. The van der Waals surface area contributed by atoms with Crippen LogP contribution in [0.3, 0.4) is 0 Å². The van der Waals surface area contributed by atoms with Crippen LogP contribution in [0.25, 0.3) is 0 Å². The molecule has 8 heteroatoms. The quantitative estimate of drug-likeness (QED) is 0.546. The van der Waals surface area contributed by atoms with E-state index in [0.29, 0.717) is 17.1 Å². The van der Waals surface area contributed by atoms with Crippen LogP contribution < -0.4 is 14.4 Å². The third-order valence-electron chi connectivity index (χ3n) is 5.17. The number of ether oxygens (including phenoxy) is 1. The molecule has 1 N–H and O–H groups in total. The Bertz CT molecular complexity index is 1020. The van der Waals surface area contributed by atoms with Gasteiger partial charge in [0.2, 0.25) is 15.9 Å². The second kappa shape index (κ2) is 10.9. The van der Waals surface area contributed by atoms with Gasteiger partial charge in [0.05, 0.1) is 25.1 Å². The van der Waals surface area contributed by atoms with Crippen molar-refractivity contribution >= 4 is 33.2 Å². The van der Waals surface area contributed by atoms with E-state index in [0.717, 1.165) is 35.1 Å². The molecule has 0 aliphatic rings. The Morgan fingerprint density at radius 3 is 2.45 bits per heavy atom. The van der Waals surface area contributed by atoms with Gasteiger partial charge in [-0.1, -0.05) is 36.7 Å². The number of methoxy groups -OCH3 is 1. The van der Waals surface area contributed by atoms with Crippen molar-refractivity contribution in [2.45, 2.75) is 46.1 Å². The molecule has 0 heterocycles. The van der Waals surface area contributed by atoms with Crippen LogP contribution in [-0.2, 0) is 14.8 Å². The fourth-order valence-corrected chi connectivity index (χ4v) is 4.69. The number of rotatable bonds is 10. The minimum absolute atomic E-state index is 0.113. The lowest BCUT2D eigenvalue weighted by Crippen LogP contribution is -2.33. The van der Waals surface area contributed by atoms with Crippen LogP contribution in [0.1, 0.15) is 48.9 Å². The van der Waals surface area contributed by atoms with Crippen molar-refractivity contribution in [1.82, 2.24) is 5.32 Å². The van der Waals surface area contributed by atoms with Crippen LogP contribution in [0.2, 0.25) is 5.02 Å². The van der Waals surface area contributed by atoms with Gasteiger partial charge >= 0.3 is 0 Å². The van der Waals surface area contributed by atoms with Crippen LogP contribution >= 0.6 is 11.6 Å². The van der Waals surface area contributed by atoms with E-state index < -0.39 is 10.0 Å². The molecule has 0 spiro atoms. The number of nitrogens with one attached hydrogen (secondary N) is 1. The zero-order valence-corrected chi connectivity index (χ0v) is 20.3. The highest BCUT2D eigenvalue weighted by atomic mass is 35.5. The third-order valence-corrected chi connectivity index (χ3v) is 6.59. The minimum Gasteiger partial charge on any atom is -0.496 e. The first-order valence-corrected chi connectivity index (χ1v) is 12.5. The van der Waals surface area contributed by atoms with E-state index in [1.807, 2.05) is 39.0 Å². The number of amides is 1. The molecule has 0 saturated heterocycles. The molecule has 0 aliphatic heterocycles. The van der Waals surface area contributed by atoms with Crippen molar-refractivity contribution < 1.29 is 17.9 Å². The number of carbonyl (C=O) groups excluding carboxylic acids is 1. The van der Waals surface area contributed by atoms with Gasteiger partial charge in [-0.3, -0.25) is 9.10 Å². The van der Waals surface area contributed by atoms with Gasteiger partial charge in [-0.2, -0.15) is 0 Å². The van der Waals surface area contributed by atoms with E-state index in [-0.39, 0.29) is 24.9 Å². The first-order valence-electron chi connectivity index (χ1n) is 10.2. The second-order valence-corrected chi connectivity index (χ2v) is 9.97. The lowest BCUT2D eigenvalue weighted by atomic mass is 10.0. The van der Waals surface area contributed by atoms with Crippen molar-refractivity contribution in [3.63, 3.8) is 0 Å². The van der Waals surface area contributed by atoms with E-state index in [2.05, 4.69) is 5.32 Å². The number of halogens is 1. The van der Waals surface area contributed by atoms with Gasteiger partial charge in [-0.05, 0) is 61.6 Å². The van der Waals surface area contributed by atoms with Crippen LogP contribution in [0, 0.1) is 13.8 Å². The predicted octanol–water partition coefficient (Wildman–Crippen LogP) is 4.78. The van der Waals surface area contributed by atoms with E-state index in [1.54, 1.807) is 25.3 Å². The number of hydrogen-bond acceptors (Lipinski definition) is 4.